The Morgan fingerprint density at radius 1 is 1.08 bits per heavy atom. The summed E-state index contributed by atoms with van der Waals surface area (Å²) in [6, 6.07) is 18.8. The second-order valence-corrected chi connectivity index (χ2v) is 6.24. The van der Waals surface area contributed by atoms with Gasteiger partial charge in [-0.2, -0.15) is 5.10 Å². The number of rotatable bonds is 6. The van der Waals surface area contributed by atoms with Crippen molar-refractivity contribution in [3.8, 4) is 11.4 Å². The largest absolute Gasteiger partial charge is 0.497 e. The maximum Gasteiger partial charge on any atom is 0.118 e. The molecule has 1 aliphatic carbocycles. The van der Waals surface area contributed by atoms with Gasteiger partial charge < -0.3 is 10.1 Å². The monoisotopic (exact) mass is 319 g/mol. The molecule has 0 spiro atoms. The van der Waals surface area contributed by atoms with Crippen LogP contribution < -0.4 is 10.1 Å². The van der Waals surface area contributed by atoms with E-state index in [1.165, 1.54) is 24.0 Å². The van der Waals surface area contributed by atoms with Crippen molar-refractivity contribution in [2.45, 2.75) is 24.9 Å². The molecule has 24 heavy (non-hydrogen) atoms. The number of ether oxygens (including phenoxy) is 1. The van der Waals surface area contributed by atoms with Crippen molar-refractivity contribution in [2.75, 3.05) is 7.11 Å². The minimum atomic E-state index is 0.101. The maximum atomic E-state index is 5.26. The number of para-hydroxylation sites is 1. The molecule has 4 rings (SSSR count). The number of methoxy groups -OCH3 is 1. The molecular formula is C20H21N3O. The van der Waals surface area contributed by atoms with E-state index in [1.54, 1.807) is 7.11 Å². The highest BCUT2D eigenvalue weighted by atomic mass is 16.5. The Morgan fingerprint density at radius 2 is 1.88 bits per heavy atom. The Balaban J connectivity index is 1.53. The average Bonchev–Trinajstić information content (AvgIpc) is 3.24. The lowest BCUT2D eigenvalue weighted by molar-refractivity contribution is 0.414. The van der Waals surface area contributed by atoms with Crippen LogP contribution >= 0.6 is 0 Å². The minimum Gasteiger partial charge on any atom is -0.497 e. The summed E-state index contributed by atoms with van der Waals surface area (Å²) in [5.41, 5.74) is 3.81. The highest BCUT2D eigenvalue weighted by Gasteiger charge is 2.43. The fourth-order valence-electron chi connectivity index (χ4n) is 3.16. The number of hydrogen-bond acceptors (Lipinski definition) is 3. The maximum absolute atomic E-state index is 5.26. The van der Waals surface area contributed by atoms with E-state index < -0.39 is 0 Å². The van der Waals surface area contributed by atoms with Crippen molar-refractivity contribution in [2.24, 2.45) is 0 Å². The molecule has 4 heteroatoms. The average molecular weight is 319 g/mol. The lowest BCUT2D eigenvalue weighted by Crippen LogP contribution is -2.28. The van der Waals surface area contributed by atoms with Crippen molar-refractivity contribution in [3.05, 3.63) is 78.1 Å². The van der Waals surface area contributed by atoms with Crippen LogP contribution in [0.4, 0.5) is 0 Å². The van der Waals surface area contributed by atoms with Gasteiger partial charge >= 0.3 is 0 Å². The molecule has 0 unspecified atom stereocenters. The molecule has 1 aliphatic rings. The van der Waals surface area contributed by atoms with Crippen LogP contribution in [0, 0.1) is 0 Å². The van der Waals surface area contributed by atoms with E-state index >= 15 is 0 Å². The second-order valence-electron chi connectivity index (χ2n) is 6.24. The molecule has 1 heterocycles. The van der Waals surface area contributed by atoms with Crippen molar-refractivity contribution in [1.29, 1.82) is 0 Å². The van der Waals surface area contributed by atoms with Crippen LogP contribution in [0.2, 0.25) is 0 Å². The molecule has 0 amide bonds. The summed E-state index contributed by atoms with van der Waals surface area (Å²) in [5, 5.41) is 8.12. The number of nitrogens with zero attached hydrogens (tertiary/aromatic N) is 2. The zero-order valence-electron chi connectivity index (χ0n) is 13.8. The van der Waals surface area contributed by atoms with Crippen LogP contribution in [0.3, 0.4) is 0 Å². The number of benzene rings is 2. The fraction of sp³-hybridized carbons (Fsp3) is 0.250. The lowest BCUT2D eigenvalue weighted by atomic mass is 10.0. The van der Waals surface area contributed by atoms with Crippen LogP contribution in [0.25, 0.3) is 5.69 Å². The Morgan fingerprint density at radius 3 is 2.54 bits per heavy atom. The summed E-state index contributed by atoms with van der Waals surface area (Å²) in [6.45, 7) is 0.821. The van der Waals surface area contributed by atoms with Gasteiger partial charge in [-0.15, -0.1) is 0 Å². The van der Waals surface area contributed by atoms with Crippen LogP contribution in [-0.4, -0.2) is 16.9 Å². The summed E-state index contributed by atoms with van der Waals surface area (Å²) in [5.74, 6) is 0.901. The van der Waals surface area contributed by atoms with E-state index in [9.17, 15) is 0 Å². The summed E-state index contributed by atoms with van der Waals surface area (Å²) in [7, 11) is 1.70. The molecule has 1 N–H and O–H groups in total. The van der Waals surface area contributed by atoms with E-state index in [0.29, 0.717) is 0 Å². The Kier molecular flexibility index (Phi) is 3.82. The van der Waals surface area contributed by atoms with Crippen molar-refractivity contribution in [3.63, 3.8) is 0 Å². The van der Waals surface area contributed by atoms with E-state index in [0.717, 1.165) is 18.0 Å². The van der Waals surface area contributed by atoms with E-state index in [4.69, 9.17) is 4.74 Å². The van der Waals surface area contributed by atoms with Crippen molar-refractivity contribution in [1.82, 2.24) is 15.1 Å². The van der Waals surface area contributed by atoms with Gasteiger partial charge in [0.15, 0.2) is 0 Å². The summed E-state index contributed by atoms with van der Waals surface area (Å²) < 4.78 is 7.18. The number of hydrogen-bond donors (Lipinski definition) is 1. The first-order valence-electron chi connectivity index (χ1n) is 8.28. The van der Waals surface area contributed by atoms with E-state index in [-0.39, 0.29) is 5.54 Å². The molecule has 0 bridgehead atoms. The van der Waals surface area contributed by atoms with Crippen LogP contribution in [0.15, 0.2) is 67.0 Å². The molecule has 2 aromatic carbocycles. The molecule has 0 aliphatic heterocycles. The summed E-state index contributed by atoms with van der Waals surface area (Å²) in [6.07, 6.45) is 6.13. The molecule has 3 aromatic rings. The van der Waals surface area contributed by atoms with E-state index in [1.807, 2.05) is 35.3 Å². The van der Waals surface area contributed by atoms with Crippen LogP contribution in [-0.2, 0) is 12.1 Å². The van der Waals surface area contributed by atoms with Gasteiger partial charge in [0.05, 0.1) is 12.8 Å². The molecule has 1 fully saturated rings. The van der Waals surface area contributed by atoms with Gasteiger partial charge in [0.25, 0.3) is 0 Å². The zero-order chi connectivity index (χ0) is 16.4. The van der Waals surface area contributed by atoms with Crippen molar-refractivity contribution >= 4 is 0 Å². The smallest absolute Gasteiger partial charge is 0.118 e. The third-order valence-corrected chi connectivity index (χ3v) is 4.75. The SMILES string of the molecule is COc1ccc(C2(NCc3ccccc3-n3cccn3)CC2)cc1. The fourth-order valence-corrected chi connectivity index (χ4v) is 3.16. The third kappa shape index (κ3) is 2.81. The van der Waals surface area contributed by atoms with Gasteiger partial charge in [-0.25, -0.2) is 4.68 Å². The van der Waals surface area contributed by atoms with E-state index in [2.05, 4.69) is 46.8 Å². The number of nitrogens with one attached hydrogen (secondary N) is 1. The van der Waals surface area contributed by atoms with Gasteiger partial charge in [-0.1, -0.05) is 30.3 Å². The molecule has 1 aromatic heterocycles. The van der Waals surface area contributed by atoms with Crippen LogP contribution in [0.1, 0.15) is 24.0 Å². The highest BCUT2D eigenvalue weighted by Crippen LogP contribution is 2.46. The Labute approximate surface area is 142 Å². The first kappa shape index (κ1) is 15.0. The normalized spacial score (nSPS) is 15.2. The van der Waals surface area contributed by atoms with Crippen LogP contribution in [0.5, 0.6) is 5.75 Å². The summed E-state index contributed by atoms with van der Waals surface area (Å²) >= 11 is 0. The Bertz CT molecular complexity index is 805. The first-order valence-corrected chi connectivity index (χ1v) is 8.28. The highest BCUT2D eigenvalue weighted by molar-refractivity contribution is 5.41. The lowest BCUT2D eigenvalue weighted by Gasteiger charge is -2.19. The predicted molar refractivity (Wildman–Crippen MR) is 94.3 cm³/mol. The molecule has 4 nitrogen and oxygen atoms in total. The molecule has 1 saturated carbocycles. The van der Waals surface area contributed by atoms with Crippen molar-refractivity contribution < 1.29 is 4.74 Å². The molecule has 0 saturated heterocycles. The first-order chi connectivity index (χ1) is 11.8. The molecular weight excluding hydrogens is 298 g/mol. The van der Waals surface area contributed by atoms with Gasteiger partial charge in [-0.3, -0.25) is 0 Å². The van der Waals surface area contributed by atoms with Gasteiger partial charge in [-0.05, 0) is 48.2 Å². The number of aromatic nitrogens is 2. The van der Waals surface area contributed by atoms with Gasteiger partial charge in [0.2, 0.25) is 0 Å². The third-order valence-electron chi connectivity index (χ3n) is 4.75. The zero-order valence-corrected chi connectivity index (χ0v) is 13.8. The van der Waals surface area contributed by atoms with Gasteiger partial charge in [0.1, 0.15) is 5.75 Å². The second kappa shape index (κ2) is 6.13. The molecule has 122 valence electrons. The Hall–Kier alpha value is -2.59. The quantitative estimate of drug-likeness (QED) is 0.753. The standard InChI is InChI=1S/C20H21N3O/c1-24-18-9-7-17(8-10-18)20(11-12-20)21-15-16-5-2-3-6-19(16)23-14-4-13-22-23/h2-10,13-14,21H,11-12,15H2,1H3. The molecule has 0 radical (unpaired) electrons. The topological polar surface area (TPSA) is 39.1 Å². The predicted octanol–water partition coefficient (Wildman–Crippen LogP) is 3.66. The molecule has 0 atom stereocenters. The minimum absolute atomic E-state index is 0.101. The summed E-state index contributed by atoms with van der Waals surface area (Å²) in [4.78, 5) is 0. The van der Waals surface area contributed by atoms with Gasteiger partial charge in [0, 0.05) is 24.5 Å².